The van der Waals surface area contributed by atoms with Crippen molar-refractivity contribution >= 4 is 0 Å². The molecule has 0 amide bonds. The molecule has 0 spiro atoms. The molecule has 1 saturated carbocycles. The Morgan fingerprint density at radius 2 is 1.93 bits per heavy atom. The zero-order valence-electron chi connectivity index (χ0n) is 8.69. The van der Waals surface area contributed by atoms with Gasteiger partial charge in [0.05, 0.1) is 0 Å². The highest BCUT2D eigenvalue weighted by Crippen LogP contribution is 2.48. The summed E-state index contributed by atoms with van der Waals surface area (Å²) in [6, 6.07) is 2.47. The van der Waals surface area contributed by atoms with Gasteiger partial charge in [-0.3, -0.25) is 0 Å². The largest absolute Gasteiger partial charge is 0.396 e. The van der Waals surface area contributed by atoms with Crippen LogP contribution >= 0.6 is 0 Å². The first-order valence-electron chi connectivity index (χ1n) is 5.12. The van der Waals surface area contributed by atoms with Gasteiger partial charge in [-0.25, -0.2) is 8.78 Å². The maximum absolute atomic E-state index is 13.5. The SMILES string of the molecule is Cc1cc(F)c(CC2(CO)CC2)cc1F. The molecule has 1 nitrogen and oxygen atoms in total. The lowest BCUT2D eigenvalue weighted by atomic mass is 9.96. The van der Waals surface area contributed by atoms with E-state index in [1.807, 2.05) is 0 Å². The molecule has 1 aromatic rings. The highest BCUT2D eigenvalue weighted by molar-refractivity contribution is 5.27. The van der Waals surface area contributed by atoms with Gasteiger partial charge in [0.25, 0.3) is 0 Å². The van der Waals surface area contributed by atoms with Crippen molar-refractivity contribution in [1.82, 2.24) is 0 Å². The zero-order valence-corrected chi connectivity index (χ0v) is 8.69. The van der Waals surface area contributed by atoms with E-state index in [1.54, 1.807) is 6.92 Å². The first-order valence-corrected chi connectivity index (χ1v) is 5.12. The smallest absolute Gasteiger partial charge is 0.126 e. The van der Waals surface area contributed by atoms with Gasteiger partial charge >= 0.3 is 0 Å². The summed E-state index contributed by atoms with van der Waals surface area (Å²) in [5.74, 6) is -0.742. The molecule has 0 bridgehead atoms. The van der Waals surface area contributed by atoms with Gasteiger partial charge in [0.2, 0.25) is 0 Å². The number of aliphatic hydroxyl groups is 1. The minimum absolute atomic E-state index is 0.0575. The molecule has 3 heteroatoms. The average molecular weight is 212 g/mol. The molecule has 0 aromatic heterocycles. The van der Waals surface area contributed by atoms with E-state index in [2.05, 4.69) is 0 Å². The Morgan fingerprint density at radius 3 is 2.47 bits per heavy atom. The summed E-state index contributed by atoms with van der Waals surface area (Å²) in [6.07, 6.45) is 2.24. The maximum Gasteiger partial charge on any atom is 0.126 e. The summed E-state index contributed by atoms with van der Waals surface area (Å²) in [7, 11) is 0. The number of benzene rings is 1. The van der Waals surface area contributed by atoms with Crippen molar-refractivity contribution in [3.63, 3.8) is 0 Å². The van der Waals surface area contributed by atoms with Gasteiger partial charge in [-0.1, -0.05) is 0 Å². The summed E-state index contributed by atoms with van der Waals surface area (Å²) >= 11 is 0. The van der Waals surface area contributed by atoms with Crippen LogP contribution in [0.15, 0.2) is 12.1 Å². The van der Waals surface area contributed by atoms with Gasteiger partial charge in [-0.2, -0.15) is 0 Å². The first-order chi connectivity index (χ1) is 7.06. The Hall–Kier alpha value is -0.960. The van der Waals surface area contributed by atoms with Crippen LogP contribution in [0.3, 0.4) is 0 Å². The number of halogens is 2. The molecule has 15 heavy (non-hydrogen) atoms. The molecular weight excluding hydrogens is 198 g/mol. The number of aliphatic hydroxyl groups excluding tert-OH is 1. The molecule has 1 aliphatic carbocycles. The van der Waals surface area contributed by atoms with E-state index in [9.17, 15) is 8.78 Å². The molecule has 0 radical (unpaired) electrons. The number of aryl methyl sites for hydroxylation is 1. The molecule has 1 N–H and O–H groups in total. The number of hydrogen-bond donors (Lipinski definition) is 1. The van der Waals surface area contributed by atoms with Crippen LogP contribution in [0, 0.1) is 24.0 Å². The normalized spacial score (nSPS) is 17.9. The quantitative estimate of drug-likeness (QED) is 0.816. The van der Waals surface area contributed by atoms with E-state index in [1.165, 1.54) is 12.1 Å². The lowest BCUT2D eigenvalue weighted by molar-refractivity contribution is 0.210. The van der Waals surface area contributed by atoms with Crippen molar-refractivity contribution < 1.29 is 13.9 Å². The van der Waals surface area contributed by atoms with Crippen LogP contribution in [-0.4, -0.2) is 11.7 Å². The Bertz CT molecular complexity index is 383. The van der Waals surface area contributed by atoms with Gasteiger partial charge < -0.3 is 5.11 Å². The lowest BCUT2D eigenvalue weighted by Gasteiger charge is -2.12. The molecule has 0 aliphatic heterocycles. The van der Waals surface area contributed by atoms with Crippen LogP contribution in [-0.2, 0) is 6.42 Å². The summed E-state index contributed by atoms with van der Waals surface area (Å²) in [6.45, 7) is 1.60. The zero-order chi connectivity index (χ0) is 11.1. The van der Waals surface area contributed by atoms with E-state index in [-0.39, 0.29) is 23.7 Å². The molecule has 1 fully saturated rings. The first kappa shape index (κ1) is 10.6. The third kappa shape index (κ3) is 2.02. The van der Waals surface area contributed by atoms with E-state index in [0.29, 0.717) is 17.5 Å². The summed E-state index contributed by atoms with van der Waals surface area (Å²) in [5.41, 5.74) is 0.525. The van der Waals surface area contributed by atoms with E-state index in [4.69, 9.17) is 5.11 Å². The highest BCUT2D eigenvalue weighted by atomic mass is 19.1. The van der Waals surface area contributed by atoms with Crippen LogP contribution in [0.2, 0.25) is 0 Å². The van der Waals surface area contributed by atoms with Gasteiger partial charge in [-0.05, 0) is 54.9 Å². The predicted molar refractivity (Wildman–Crippen MR) is 53.6 cm³/mol. The van der Waals surface area contributed by atoms with E-state index < -0.39 is 0 Å². The molecule has 0 saturated heterocycles. The number of rotatable bonds is 3. The minimum atomic E-state index is -0.375. The predicted octanol–water partition coefficient (Wildman–Crippen LogP) is 2.59. The van der Waals surface area contributed by atoms with Gasteiger partial charge in [-0.15, -0.1) is 0 Å². The summed E-state index contributed by atoms with van der Waals surface area (Å²) < 4.78 is 26.7. The minimum Gasteiger partial charge on any atom is -0.396 e. The Labute approximate surface area is 87.7 Å². The Kier molecular flexibility index (Phi) is 2.51. The molecule has 0 heterocycles. The summed E-state index contributed by atoms with van der Waals surface area (Å²) in [4.78, 5) is 0. The Balaban J connectivity index is 2.25. The molecule has 2 rings (SSSR count). The van der Waals surface area contributed by atoms with Crippen LogP contribution in [0.25, 0.3) is 0 Å². The van der Waals surface area contributed by atoms with Gasteiger partial charge in [0.1, 0.15) is 11.6 Å². The Morgan fingerprint density at radius 1 is 1.27 bits per heavy atom. The van der Waals surface area contributed by atoms with Crippen LogP contribution in [0.1, 0.15) is 24.0 Å². The lowest BCUT2D eigenvalue weighted by Crippen LogP contribution is -2.11. The van der Waals surface area contributed by atoms with Crippen molar-refractivity contribution in [2.75, 3.05) is 6.61 Å². The fourth-order valence-corrected chi connectivity index (χ4v) is 1.79. The molecular formula is C12H14F2O. The third-order valence-corrected chi connectivity index (χ3v) is 3.19. The second-order valence-corrected chi connectivity index (χ2v) is 4.53. The fourth-order valence-electron chi connectivity index (χ4n) is 1.79. The monoisotopic (exact) mass is 212 g/mol. The standard InChI is InChI=1S/C12H14F2O/c1-8-4-11(14)9(5-10(8)13)6-12(7-15)2-3-12/h4-5,15H,2-3,6-7H2,1H3. The van der Waals surface area contributed by atoms with Crippen molar-refractivity contribution in [2.24, 2.45) is 5.41 Å². The van der Waals surface area contributed by atoms with Crippen molar-refractivity contribution in [1.29, 1.82) is 0 Å². The number of hydrogen-bond acceptors (Lipinski definition) is 1. The topological polar surface area (TPSA) is 20.2 Å². The molecule has 1 aliphatic rings. The highest BCUT2D eigenvalue weighted by Gasteiger charge is 2.42. The second-order valence-electron chi connectivity index (χ2n) is 4.53. The second kappa shape index (κ2) is 3.56. The van der Waals surface area contributed by atoms with E-state index >= 15 is 0 Å². The maximum atomic E-state index is 13.5. The van der Waals surface area contributed by atoms with Crippen molar-refractivity contribution in [2.45, 2.75) is 26.2 Å². The van der Waals surface area contributed by atoms with E-state index in [0.717, 1.165) is 12.8 Å². The molecule has 1 aromatic carbocycles. The van der Waals surface area contributed by atoms with Gasteiger partial charge in [0, 0.05) is 6.61 Å². The summed E-state index contributed by atoms with van der Waals surface area (Å²) in [5, 5.41) is 9.12. The third-order valence-electron chi connectivity index (χ3n) is 3.19. The van der Waals surface area contributed by atoms with Crippen LogP contribution in [0.4, 0.5) is 8.78 Å². The molecule has 82 valence electrons. The van der Waals surface area contributed by atoms with Crippen LogP contribution < -0.4 is 0 Å². The fraction of sp³-hybridized carbons (Fsp3) is 0.500. The van der Waals surface area contributed by atoms with Crippen LogP contribution in [0.5, 0.6) is 0 Å². The van der Waals surface area contributed by atoms with Gasteiger partial charge in [0.15, 0.2) is 0 Å². The average Bonchev–Trinajstić information content (AvgIpc) is 2.95. The van der Waals surface area contributed by atoms with Crippen molar-refractivity contribution in [3.8, 4) is 0 Å². The molecule has 0 unspecified atom stereocenters. The van der Waals surface area contributed by atoms with Crippen molar-refractivity contribution in [3.05, 3.63) is 34.9 Å². The molecule has 0 atom stereocenters.